The van der Waals surface area contributed by atoms with Gasteiger partial charge in [0, 0.05) is 11.9 Å². The number of amides is 1. The van der Waals surface area contributed by atoms with Crippen LogP contribution in [0, 0.1) is 0 Å². The molecule has 1 atom stereocenters. The lowest BCUT2D eigenvalue weighted by Crippen LogP contribution is -2.45. The second-order valence-electron chi connectivity index (χ2n) is 4.98. The number of rotatable bonds is 2. The van der Waals surface area contributed by atoms with Gasteiger partial charge in [0.15, 0.2) is 5.76 Å². The van der Waals surface area contributed by atoms with Crippen LogP contribution in [0.1, 0.15) is 29.8 Å². The smallest absolute Gasteiger partial charge is 0.289 e. The molecule has 1 amide bonds. The molecular formula is C15H17NO3. The van der Waals surface area contributed by atoms with E-state index < -0.39 is 0 Å². The Labute approximate surface area is 111 Å². The minimum atomic E-state index is -0.116. The summed E-state index contributed by atoms with van der Waals surface area (Å²) in [6.45, 7) is 0.715. The highest BCUT2D eigenvalue weighted by Crippen LogP contribution is 2.23. The number of nitrogens with zero attached hydrogens (tertiary/aromatic N) is 1. The van der Waals surface area contributed by atoms with Gasteiger partial charge in [-0.1, -0.05) is 18.2 Å². The van der Waals surface area contributed by atoms with Gasteiger partial charge in [0.1, 0.15) is 5.58 Å². The van der Waals surface area contributed by atoms with Gasteiger partial charge in [-0.15, -0.1) is 0 Å². The molecule has 4 heteroatoms. The first-order valence-electron chi connectivity index (χ1n) is 6.70. The van der Waals surface area contributed by atoms with Crippen molar-refractivity contribution in [2.24, 2.45) is 0 Å². The van der Waals surface area contributed by atoms with E-state index in [1.807, 2.05) is 24.3 Å². The van der Waals surface area contributed by atoms with Crippen molar-refractivity contribution >= 4 is 16.9 Å². The van der Waals surface area contributed by atoms with E-state index in [9.17, 15) is 9.90 Å². The Kier molecular flexibility index (Phi) is 3.25. The molecule has 1 fully saturated rings. The molecule has 1 saturated heterocycles. The molecule has 0 bridgehead atoms. The highest BCUT2D eigenvalue weighted by atomic mass is 16.3. The number of benzene rings is 1. The van der Waals surface area contributed by atoms with Gasteiger partial charge < -0.3 is 14.4 Å². The topological polar surface area (TPSA) is 53.7 Å². The van der Waals surface area contributed by atoms with Crippen molar-refractivity contribution in [3.05, 3.63) is 36.1 Å². The second kappa shape index (κ2) is 5.05. The standard InChI is InChI=1S/C15H17NO3/c17-10-12-6-3-4-8-16(12)15(18)14-9-11-5-1-2-7-13(11)19-14/h1-2,5,7,9,12,17H,3-4,6,8,10H2. The summed E-state index contributed by atoms with van der Waals surface area (Å²) in [5.41, 5.74) is 0.725. The largest absolute Gasteiger partial charge is 0.451 e. The van der Waals surface area contributed by atoms with Gasteiger partial charge in [-0.3, -0.25) is 4.79 Å². The molecule has 100 valence electrons. The quantitative estimate of drug-likeness (QED) is 0.901. The summed E-state index contributed by atoms with van der Waals surface area (Å²) < 4.78 is 5.60. The van der Waals surface area contributed by atoms with E-state index in [0.717, 1.165) is 30.2 Å². The van der Waals surface area contributed by atoms with Crippen LogP contribution in [0.15, 0.2) is 34.7 Å². The predicted molar refractivity (Wildman–Crippen MR) is 72.0 cm³/mol. The summed E-state index contributed by atoms with van der Waals surface area (Å²) in [5, 5.41) is 10.3. The van der Waals surface area contributed by atoms with Crippen LogP contribution in [-0.4, -0.2) is 35.1 Å². The molecule has 1 aromatic heterocycles. The molecular weight excluding hydrogens is 242 g/mol. The summed E-state index contributed by atoms with van der Waals surface area (Å²) in [7, 11) is 0. The highest BCUT2D eigenvalue weighted by molar-refractivity contribution is 5.96. The van der Waals surface area contributed by atoms with Crippen molar-refractivity contribution in [2.45, 2.75) is 25.3 Å². The molecule has 1 N–H and O–H groups in total. The number of furan rings is 1. The highest BCUT2D eigenvalue weighted by Gasteiger charge is 2.28. The van der Waals surface area contributed by atoms with Crippen molar-refractivity contribution in [3.8, 4) is 0 Å². The second-order valence-corrected chi connectivity index (χ2v) is 4.98. The molecule has 0 spiro atoms. The fraction of sp³-hybridized carbons (Fsp3) is 0.400. The maximum absolute atomic E-state index is 12.5. The van der Waals surface area contributed by atoms with E-state index in [0.29, 0.717) is 12.3 Å². The molecule has 1 aliphatic heterocycles. The summed E-state index contributed by atoms with van der Waals surface area (Å²) in [6, 6.07) is 9.29. The molecule has 1 aromatic carbocycles. The number of para-hydroxylation sites is 1. The fourth-order valence-corrected chi connectivity index (χ4v) is 2.69. The number of carbonyl (C=O) groups is 1. The lowest BCUT2D eigenvalue weighted by molar-refractivity contribution is 0.0475. The van der Waals surface area contributed by atoms with Crippen LogP contribution in [0.25, 0.3) is 11.0 Å². The Balaban J connectivity index is 1.89. The minimum absolute atomic E-state index is 0.0198. The SMILES string of the molecule is O=C(c1cc2ccccc2o1)N1CCCCC1CO. The molecule has 0 saturated carbocycles. The van der Waals surface area contributed by atoms with E-state index in [4.69, 9.17) is 4.42 Å². The zero-order valence-corrected chi connectivity index (χ0v) is 10.7. The van der Waals surface area contributed by atoms with Crippen LogP contribution >= 0.6 is 0 Å². The number of hydrogen-bond acceptors (Lipinski definition) is 3. The van der Waals surface area contributed by atoms with Crippen LogP contribution in [0.2, 0.25) is 0 Å². The first kappa shape index (κ1) is 12.2. The van der Waals surface area contributed by atoms with E-state index in [1.54, 1.807) is 11.0 Å². The van der Waals surface area contributed by atoms with E-state index >= 15 is 0 Å². The molecule has 1 unspecified atom stereocenters. The number of piperidine rings is 1. The maximum atomic E-state index is 12.5. The van der Waals surface area contributed by atoms with Gasteiger partial charge in [-0.05, 0) is 31.4 Å². The number of likely N-dealkylation sites (tertiary alicyclic amines) is 1. The number of fused-ring (bicyclic) bond motifs is 1. The molecule has 0 aliphatic carbocycles. The van der Waals surface area contributed by atoms with Crippen molar-refractivity contribution < 1.29 is 14.3 Å². The molecule has 1 aliphatic rings. The number of aliphatic hydroxyl groups is 1. The van der Waals surface area contributed by atoms with Gasteiger partial charge >= 0.3 is 0 Å². The predicted octanol–water partition coefficient (Wildman–Crippen LogP) is 2.42. The molecule has 0 radical (unpaired) electrons. The Bertz CT molecular complexity index is 557. The van der Waals surface area contributed by atoms with Gasteiger partial charge in [0.25, 0.3) is 5.91 Å². The maximum Gasteiger partial charge on any atom is 0.289 e. The summed E-state index contributed by atoms with van der Waals surface area (Å²) in [5.74, 6) is 0.247. The lowest BCUT2D eigenvalue weighted by atomic mass is 10.0. The third-order valence-corrected chi connectivity index (χ3v) is 3.74. The lowest BCUT2D eigenvalue weighted by Gasteiger charge is -2.33. The Morgan fingerprint density at radius 2 is 2.21 bits per heavy atom. The Hall–Kier alpha value is -1.81. The van der Waals surface area contributed by atoms with E-state index in [-0.39, 0.29) is 18.6 Å². The van der Waals surface area contributed by atoms with Gasteiger partial charge in [0.05, 0.1) is 12.6 Å². The zero-order valence-electron chi connectivity index (χ0n) is 10.7. The van der Waals surface area contributed by atoms with Crippen molar-refractivity contribution in [3.63, 3.8) is 0 Å². The van der Waals surface area contributed by atoms with Crippen LogP contribution in [-0.2, 0) is 0 Å². The molecule has 3 rings (SSSR count). The molecule has 4 nitrogen and oxygen atoms in total. The first-order chi connectivity index (χ1) is 9.29. The fourth-order valence-electron chi connectivity index (χ4n) is 2.69. The van der Waals surface area contributed by atoms with E-state index in [1.165, 1.54) is 0 Å². The van der Waals surface area contributed by atoms with Crippen molar-refractivity contribution in [2.75, 3.05) is 13.2 Å². The van der Waals surface area contributed by atoms with Crippen LogP contribution < -0.4 is 0 Å². The Morgan fingerprint density at radius 1 is 1.37 bits per heavy atom. The number of aliphatic hydroxyl groups excluding tert-OH is 1. The molecule has 19 heavy (non-hydrogen) atoms. The third-order valence-electron chi connectivity index (χ3n) is 3.74. The summed E-state index contributed by atoms with van der Waals surface area (Å²) in [6.07, 6.45) is 2.92. The first-order valence-corrected chi connectivity index (χ1v) is 6.70. The van der Waals surface area contributed by atoms with Gasteiger partial charge in [0.2, 0.25) is 0 Å². The van der Waals surface area contributed by atoms with Gasteiger partial charge in [-0.25, -0.2) is 0 Å². The van der Waals surface area contributed by atoms with Crippen LogP contribution in [0.4, 0.5) is 0 Å². The van der Waals surface area contributed by atoms with Crippen LogP contribution in [0.5, 0.6) is 0 Å². The monoisotopic (exact) mass is 259 g/mol. The molecule has 2 aromatic rings. The number of carbonyl (C=O) groups excluding carboxylic acids is 1. The summed E-state index contributed by atoms with van der Waals surface area (Å²) in [4.78, 5) is 14.2. The summed E-state index contributed by atoms with van der Waals surface area (Å²) >= 11 is 0. The zero-order chi connectivity index (χ0) is 13.2. The average molecular weight is 259 g/mol. The molecule has 2 heterocycles. The minimum Gasteiger partial charge on any atom is -0.451 e. The Morgan fingerprint density at radius 3 is 3.00 bits per heavy atom. The van der Waals surface area contributed by atoms with Crippen LogP contribution in [0.3, 0.4) is 0 Å². The third kappa shape index (κ3) is 2.24. The van der Waals surface area contributed by atoms with Crippen molar-refractivity contribution in [1.82, 2.24) is 4.90 Å². The average Bonchev–Trinajstić information content (AvgIpc) is 2.90. The number of hydrogen-bond donors (Lipinski definition) is 1. The van der Waals surface area contributed by atoms with Crippen molar-refractivity contribution in [1.29, 1.82) is 0 Å². The normalized spacial score (nSPS) is 19.8. The van der Waals surface area contributed by atoms with E-state index in [2.05, 4.69) is 0 Å². The van der Waals surface area contributed by atoms with Gasteiger partial charge in [-0.2, -0.15) is 0 Å².